The van der Waals surface area contributed by atoms with E-state index in [0.29, 0.717) is 11.1 Å². The normalized spacial score (nSPS) is 20.7. The van der Waals surface area contributed by atoms with E-state index in [2.05, 4.69) is 52.4 Å². The number of rotatable bonds is 3. The van der Waals surface area contributed by atoms with Crippen molar-refractivity contribution in [3.8, 4) is 0 Å². The summed E-state index contributed by atoms with van der Waals surface area (Å²) in [6.07, 6.45) is 15.1. The number of dihydropyridines is 1. The molecule has 152 valence electrons. The minimum absolute atomic E-state index is 0.0827. The molecule has 1 aromatic carbocycles. The molecule has 0 saturated heterocycles. The molecule has 1 aliphatic heterocycles. The van der Waals surface area contributed by atoms with Crippen LogP contribution in [0.15, 0.2) is 89.7 Å². The summed E-state index contributed by atoms with van der Waals surface area (Å²) in [5, 5.41) is 0.488. The first kappa shape index (κ1) is 18.5. The van der Waals surface area contributed by atoms with Gasteiger partial charge in [0.2, 0.25) is 0 Å². The fourth-order valence-corrected chi connectivity index (χ4v) is 4.92. The summed E-state index contributed by atoms with van der Waals surface area (Å²) in [5.41, 5.74) is 7.63. The topological polar surface area (TPSA) is 42.5 Å². The van der Waals surface area contributed by atoms with Gasteiger partial charge in [0, 0.05) is 24.7 Å². The van der Waals surface area contributed by atoms with Crippen molar-refractivity contribution in [3.05, 3.63) is 107 Å². The van der Waals surface area contributed by atoms with Gasteiger partial charge in [-0.15, -0.1) is 0 Å². The van der Waals surface area contributed by atoms with Crippen LogP contribution in [-0.4, -0.2) is 26.1 Å². The molecule has 6 rings (SSSR count). The van der Waals surface area contributed by atoms with Gasteiger partial charge in [0.15, 0.2) is 5.15 Å². The Labute approximate surface area is 186 Å². The summed E-state index contributed by atoms with van der Waals surface area (Å²) < 4.78 is 2.11. The number of halogens is 1. The fraction of sp³-hybridized carbons (Fsp3) is 0.192. The summed E-state index contributed by atoms with van der Waals surface area (Å²) in [7, 11) is 0. The molecule has 2 aromatic heterocycles. The number of allylic oxidation sites excluding steroid dienone is 4. The highest BCUT2D eigenvalue weighted by atomic mass is 35.5. The second kappa shape index (κ2) is 7.17. The highest BCUT2D eigenvalue weighted by Gasteiger charge is 2.31. The average molecular weight is 425 g/mol. The molecule has 0 amide bonds. The number of aromatic nitrogens is 3. The van der Waals surface area contributed by atoms with E-state index in [-0.39, 0.29) is 6.04 Å². The molecule has 5 heteroatoms. The number of aliphatic imine (C=N–C) groups is 1. The lowest BCUT2D eigenvalue weighted by Crippen LogP contribution is -2.18. The zero-order chi connectivity index (χ0) is 20.9. The van der Waals surface area contributed by atoms with Gasteiger partial charge in [0.25, 0.3) is 0 Å². The van der Waals surface area contributed by atoms with Gasteiger partial charge in [-0.3, -0.25) is 9.39 Å². The van der Waals surface area contributed by atoms with Crippen LogP contribution in [0.2, 0.25) is 5.15 Å². The number of nitrogens with zero attached hydrogens (tertiary/aromatic N) is 4. The van der Waals surface area contributed by atoms with Crippen LogP contribution in [0.1, 0.15) is 42.3 Å². The molecule has 31 heavy (non-hydrogen) atoms. The summed E-state index contributed by atoms with van der Waals surface area (Å²) in [4.78, 5) is 14.5. The molecule has 0 bridgehead atoms. The Balaban J connectivity index is 1.40. The zero-order valence-corrected chi connectivity index (χ0v) is 17.8. The quantitative estimate of drug-likeness (QED) is 0.487. The van der Waals surface area contributed by atoms with Gasteiger partial charge in [-0.25, -0.2) is 9.97 Å². The molecule has 4 nitrogen and oxygen atoms in total. The van der Waals surface area contributed by atoms with Crippen LogP contribution < -0.4 is 0 Å². The Morgan fingerprint density at radius 3 is 2.68 bits per heavy atom. The van der Waals surface area contributed by atoms with Crippen LogP contribution in [-0.2, 0) is 0 Å². The third kappa shape index (κ3) is 3.10. The van der Waals surface area contributed by atoms with Gasteiger partial charge in [-0.05, 0) is 35.6 Å². The Morgan fingerprint density at radius 1 is 1.03 bits per heavy atom. The summed E-state index contributed by atoms with van der Waals surface area (Å²) in [6.45, 7) is 4.09. The van der Waals surface area contributed by atoms with E-state index in [1.807, 2.05) is 24.4 Å². The van der Waals surface area contributed by atoms with E-state index in [0.717, 1.165) is 53.1 Å². The van der Waals surface area contributed by atoms with Crippen LogP contribution in [0, 0.1) is 0 Å². The maximum atomic E-state index is 6.56. The van der Waals surface area contributed by atoms with Crippen molar-refractivity contribution in [1.82, 2.24) is 14.4 Å². The van der Waals surface area contributed by atoms with Crippen LogP contribution in [0.3, 0.4) is 0 Å². The molecule has 0 spiro atoms. The van der Waals surface area contributed by atoms with E-state index < -0.39 is 0 Å². The van der Waals surface area contributed by atoms with Crippen molar-refractivity contribution >= 4 is 28.4 Å². The van der Waals surface area contributed by atoms with E-state index in [1.165, 1.54) is 11.1 Å². The van der Waals surface area contributed by atoms with E-state index in [1.54, 1.807) is 6.20 Å². The van der Waals surface area contributed by atoms with E-state index >= 15 is 0 Å². The smallest absolute Gasteiger partial charge is 0.155 e. The molecule has 1 unspecified atom stereocenters. The lowest BCUT2D eigenvalue weighted by molar-refractivity contribution is 0.520. The van der Waals surface area contributed by atoms with Crippen molar-refractivity contribution in [2.24, 2.45) is 4.99 Å². The Bertz CT molecular complexity index is 1330. The monoisotopic (exact) mass is 424 g/mol. The molecule has 2 aliphatic carbocycles. The van der Waals surface area contributed by atoms with E-state index in [4.69, 9.17) is 21.6 Å². The molecule has 3 aliphatic rings. The van der Waals surface area contributed by atoms with Gasteiger partial charge in [-0.1, -0.05) is 72.3 Å². The maximum Gasteiger partial charge on any atom is 0.155 e. The van der Waals surface area contributed by atoms with Crippen molar-refractivity contribution in [1.29, 1.82) is 0 Å². The van der Waals surface area contributed by atoms with E-state index in [9.17, 15) is 0 Å². The van der Waals surface area contributed by atoms with Gasteiger partial charge in [0.05, 0.1) is 17.4 Å². The van der Waals surface area contributed by atoms with Gasteiger partial charge >= 0.3 is 0 Å². The summed E-state index contributed by atoms with van der Waals surface area (Å²) in [6, 6.07) is 10.4. The summed E-state index contributed by atoms with van der Waals surface area (Å²) in [5.74, 6) is 1.44. The maximum absolute atomic E-state index is 6.56. The van der Waals surface area contributed by atoms with Crippen LogP contribution in [0.25, 0.3) is 11.1 Å². The molecule has 0 radical (unpaired) electrons. The number of fused-ring (bicyclic) bond motifs is 2. The minimum Gasteiger partial charge on any atom is -0.299 e. The first-order valence-corrected chi connectivity index (χ1v) is 11.0. The summed E-state index contributed by atoms with van der Waals surface area (Å²) >= 11 is 6.56. The van der Waals surface area contributed by atoms with Crippen LogP contribution in [0.4, 0.5) is 0 Å². The SMILES string of the molecule is C=C1CC(c2nc(C3=CC=C4C=CC(c5ccccc5)=NC4C3)c3c(Cl)nccn23)C1. The van der Waals surface area contributed by atoms with Gasteiger partial charge in [-0.2, -0.15) is 0 Å². The lowest BCUT2D eigenvalue weighted by Gasteiger charge is -2.27. The molecule has 1 atom stereocenters. The van der Waals surface area contributed by atoms with Crippen molar-refractivity contribution in [2.45, 2.75) is 31.2 Å². The average Bonchev–Trinajstić information content (AvgIpc) is 3.17. The molecule has 0 N–H and O–H groups in total. The third-order valence-corrected chi connectivity index (χ3v) is 6.63. The van der Waals surface area contributed by atoms with Crippen molar-refractivity contribution in [3.63, 3.8) is 0 Å². The standard InChI is InChI=1S/C26H21ClN4/c1-16-13-20(14-16)26-30-23(24-25(27)28-11-12-31(24)26)19-8-7-18-9-10-21(29-22(18)15-19)17-5-3-2-4-6-17/h2-12,20,22H,1,13-15H2. The highest BCUT2D eigenvalue weighted by Crippen LogP contribution is 2.42. The first-order chi connectivity index (χ1) is 15.2. The molecule has 3 heterocycles. The molecule has 1 saturated carbocycles. The number of hydrogen-bond acceptors (Lipinski definition) is 3. The Kier molecular flexibility index (Phi) is 4.29. The lowest BCUT2D eigenvalue weighted by atomic mass is 9.80. The molecule has 1 fully saturated rings. The fourth-order valence-electron chi connectivity index (χ4n) is 4.69. The minimum atomic E-state index is 0.0827. The predicted molar refractivity (Wildman–Crippen MR) is 126 cm³/mol. The number of hydrogen-bond donors (Lipinski definition) is 0. The predicted octanol–water partition coefficient (Wildman–Crippen LogP) is 5.96. The van der Waals surface area contributed by atoms with Crippen molar-refractivity contribution in [2.75, 3.05) is 0 Å². The zero-order valence-electron chi connectivity index (χ0n) is 17.0. The first-order valence-electron chi connectivity index (χ1n) is 10.6. The molecular weight excluding hydrogens is 404 g/mol. The Hall–Kier alpha value is -3.24. The molecule has 3 aromatic rings. The second-order valence-electron chi connectivity index (χ2n) is 8.40. The second-order valence-corrected chi connectivity index (χ2v) is 8.76. The van der Waals surface area contributed by atoms with Crippen LogP contribution in [0.5, 0.6) is 0 Å². The van der Waals surface area contributed by atoms with Crippen LogP contribution >= 0.6 is 11.6 Å². The largest absolute Gasteiger partial charge is 0.299 e. The number of imidazole rings is 1. The Morgan fingerprint density at radius 2 is 1.87 bits per heavy atom. The van der Waals surface area contributed by atoms with Gasteiger partial charge in [0.1, 0.15) is 11.3 Å². The van der Waals surface area contributed by atoms with Gasteiger partial charge < -0.3 is 0 Å². The number of benzene rings is 1. The molecular formula is C26H21ClN4. The highest BCUT2D eigenvalue weighted by molar-refractivity contribution is 6.33. The third-order valence-electron chi connectivity index (χ3n) is 6.35. The van der Waals surface area contributed by atoms with Crippen molar-refractivity contribution < 1.29 is 0 Å².